The van der Waals surface area contributed by atoms with E-state index < -0.39 is 53.4 Å². The maximum absolute atomic E-state index is 15.0. The highest BCUT2D eigenvalue weighted by molar-refractivity contribution is 7.90. The second-order valence-electron chi connectivity index (χ2n) is 7.58. The van der Waals surface area contributed by atoms with Crippen LogP contribution in [0, 0.1) is 17.1 Å². The van der Waals surface area contributed by atoms with Gasteiger partial charge in [0.15, 0.2) is 15.7 Å². The predicted octanol–water partition coefficient (Wildman–Crippen LogP) is 2.56. The van der Waals surface area contributed by atoms with Crippen LogP contribution >= 0.6 is 11.6 Å². The van der Waals surface area contributed by atoms with E-state index in [1.165, 1.54) is 38.1 Å². The number of carbonyl (C=O) groups excluding carboxylic acids is 1. The Kier molecular flexibility index (Phi) is 5.76. The lowest BCUT2D eigenvalue weighted by atomic mass is 10.0. The van der Waals surface area contributed by atoms with Crippen molar-refractivity contribution >= 4 is 48.8 Å². The van der Waals surface area contributed by atoms with Crippen molar-refractivity contribution in [3.8, 4) is 6.07 Å². The number of hydrogen-bond donors (Lipinski definition) is 1. The fourth-order valence-electron chi connectivity index (χ4n) is 3.50. The molecule has 1 aliphatic heterocycles. The van der Waals surface area contributed by atoms with Crippen LogP contribution in [0.1, 0.15) is 19.4 Å². The Morgan fingerprint density at radius 1 is 1.12 bits per heavy atom. The lowest BCUT2D eigenvalue weighted by Gasteiger charge is -2.34. The Morgan fingerprint density at radius 3 is 2.16 bits per heavy atom. The summed E-state index contributed by atoms with van der Waals surface area (Å²) in [6, 6.07) is 8.78. The van der Waals surface area contributed by atoms with Crippen molar-refractivity contribution < 1.29 is 30.6 Å². The van der Waals surface area contributed by atoms with E-state index >= 15 is 0 Å². The highest BCUT2D eigenvalue weighted by Crippen LogP contribution is 2.42. The summed E-state index contributed by atoms with van der Waals surface area (Å²) in [5.74, 6) is -2.09. The van der Waals surface area contributed by atoms with Crippen LogP contribution in [0.5, 0.6) is 0 Å². The summed E-state index contributed by atoms with van der Waals surface area (Å²) in [5.41, 5.74) is -4.39. The van der Waals surface area contributed by atoms with Crippen molar-refractivity contribution in [1.29, 1.82) is 5.26 Å². The number of anilines is 2. The largest absolute Gasteiger partial charge is 0.322 e. The first kappa shape index (κ1) is 23.9. The predicted molar refractivity (Wildman–Crippen MR) is 115 cm³/mol. The molecule has 1 amide bonds. The van der Waals surface area contributed by atoms with E-state index in [0.717, 1.165) is 23.3 Å². The monoisotopic (exact) mass is 501 g/mol. The molecule has 13 heteroatoms. The molecule has 1 aliphatic rings. The molecular formula is C19H17ClFN3O6S2. The Labute approximate surface area is 189 Å². The van der Waals surface area contributed by atoms with E-state index in [1.54, 1.807) is 6.07 Å². The Morgan fingerprint density at radius 2 is 1.69 bits per heavy atom. The average Bonchev–Trinajstić information content (AvgIpc) is 2.90. The number of rotatable bonds is 4. The van der Waals surface area contributed by atoms with E-state index in [4.69, 9.17) is 16.9 Å². The highest BCUT2D eigenvalue weighted by Gasteiger charge is 2.58. The first-order chi connectivity index (χ1) is 14.6. The smallest absolute Gasteiger partial charge is 0.306 e. The van der Waals surface area contributed by atoms with Gasteiger partial charge in [-0.25, -0.2) is 12.8 Å². The molecule has 32 heavy (non-hydrogen) atoms. The van der Waals surface area contributed by atoms with E-state index in [9.17, 15) is 30.6 Å². The lowest BCUT2D eigenvalue weighted by molar-refractivity contribution is -0.120. The number of nitrogens with zero attached hydrogens (tertiary/aromatic N) is 3. The molecule has 1 unspecified atom stereocenters. The van der Waals surface area contributed by atoms with Gasteiger partial charge in [-0.05, 0) is 50.2 Å². The SMILES string of the molecule is CC1(C)C(=O)N(c2ccc(C#N)c(Cl)c2F)C(S(=O)(=O)O)N1c1ccc(S(C)(=O)=O)cc1. The van der Waals surface area contributed by atoms with E-state index in [1.807, 2.05) is 0 Å². The highest BCUT2D eigenvalue weighted by atomic mass is 35.5. The Balaban J connectivity index is 2.26. The zero-order chi connectivity index (χ0) is 24.2. The number of benzene rings is 2. The van der Waals surface area contributed by atoms with Gasteiger partial charge in [0.05, 0.1) is 21.2 Å². The minimum Gasteiger partial charge on any atom is -0.322 e. The number of carbonyl (C=O) groups is 1. The summed E-state index contributed by atoms with van der Waals surface area (Å²) in [5, 5.41) is 8.41. The second kappa shape index (κ2) is 7.70. The minimum atomic E-state index is -5.05. The van der Waals surface area contributed by atoms with Gasteiger partial charge in [0, 0.05) is 11.9 Å². The van der Waals surface area contributed by atoms with Gasteiger partial charge in [0.2, 0.25) is 5.50 Å². The molecule has 2 aromatic rings. The van der Waals surface area contributed by atoms with Gasteiger partial charge < -0.3 is 4.90 Å². The third kappa shape index (κ3) is 3.81. The number of hydrogen-bond acceptors (Lipinski definition) is 7. The number of nitriles is 1. The fourth-order valence-corrected chi connectivity index (χ4v) is 5.46. The van der Waals surface area contributed by atoms with Crippen LogP contribution in [-0.4, -0.2) is 44.6 Å². The molecule has 0 radical (unpaired) electrons. The van der Waals surface area contributed by atoms with Crippen LogP contribution in [0.2, 0.25) is 5.02 Å². The van der Waals surface area contributed by atoms with Crippen LogP contribution in [0.25, 0.3) is 0 Å². The van der Waals surface area contributed by atoms with E-state index in [0.29, 0.717) is 4.90 Å². The van der Waals surface area contributed by atoms with Crippen molar-refractivity contribution in [3.05, 3.63) is 52.8 Å². The molecule has 1 fully saturated rings. The van der Waals surface area contributed by atoms with Gasteiger partial charge in [-0.2, -0.15) is 13.7 Å². The third-order valence-electron chi connectivity index (χ3n) is 5.04. The molecule has 0 saturated carbocycles. The molecule has 0 spiro atoms. The summed E-state index contributed by atoms with van der Waals surface area (Å²) in [6.07, 6.45) is 0.992. The number of sulfone groups is 1. The van der Waals surface area contributed by atoms with E-state index in [-0.39, 0.29) is 16.1 Å². The van der Waals surface area contributed by atoms with Gasteiger partial charge >= 0.3 is 10.1 Å². The summed E-state index contributed by atoms with van der Waals surface area (Å²) in [6.45, 7) is 2.72. The van der Waals surface area contributed by atoms with Crippen molar-refractivity contribution in [2.45, 2.75) is 29.8 Å². The fraction of sp³-hybridized carbons (Fsp3) is 0.263. The molecule has 1 saturated heterocycles. The number of amides is 1. The van der Waals surface area contributed by atoms with Crippen molar-refractivity contribution in [2.24, 2.45) is 0 Å². The maximum Gasteiger partial charge on any atom is 0.306 e. The van der Waals surface area contributed by atoms with Crippen LogP contribution in [-0.2, 0) is 24.7 Å². The zero-order valence-electron chi connectivity index (χ0n) is 16.9. The molecule has 1 atom stereocenters. The first-order valence-electron chi connectivity index (χ1n) is 8.90. The van der Waals surface area contributed by atoms with Crippen LogP contribution in [0.15, 0.2) is 41.3 Å². The third-order valence-corrected chi connectivity index (χ3v) is 7.49. The summed E-state index contributed by atoms with van der Waals surface area (Å²) in [4.78, 5) is 14.8. The second-order valence-corrected chi connectivity index (χ2v) is 11.4. The molecular weight excluding hydrogens is 485 g/mol. The topological polar surface area (TPSA) is 136 Å². The maximum atomic E-state index is 15.0. The van der Waals surface area contributed by atoms with Crippen molar-refractivity contribution in [2.75, 3.05) is 16.1 Å². The van der Waals surface area contributed by atoms with E-state index in [2.05, 4.69) is 0 Å². The summed E-state index contributed by atoms with van der Waals surface area (Å²) >= 11 is 5.85. The van der Waals surface area contributed by atoms with Crippen molar-refractivity contribution in [3.63, 3.8) is 0 Å². The van der Waals surface area contributed by atoms with Gasteiger partial charge in [0.25, 0.3) is 5.91 Å². The zero-order valence-corrected chi connectivity index (χ0v) is 19.3. The molecule has 9 nitrogen and oxygen atoms in total. The van der Waals surface area contributed by atoms with Crippen molar-refractivity contribution in [1.82, 2.24) is 0 Å². The normalized spacial score (nSPS) is 18.7. The molecule has 1 heterocycles. The molecule has 170 valence electrons. The van der Waals surface area contributed by atoms with Gasteiger partial charge in [-0.3, -0.25) is 14.2 Å². The lowest BCUT2D eigenvalue weighted by Crippen LogP contribution is -2.49. The first-order valence-corrected chi connectivity index (χ1v) is 12.7. The molecule has 3 rings (SSSR count). The van der Waals surface area contributed by atoms with Gasteiger partial charge in [-0.15, -0.1) is 0 Å². The molecule has 2 aromatic carbocycles. The molecule has 0 aromatic heterocycles. The Bertz CT molecular complexity index is 1370. The molecule has 0 bridgehead atoms. The summed E-state index contributed by atoms with van der Waals surface area (Å²) in [7, 11) is -8.60. The minimum absolute atomic E-state index is 0.0465. The van der Waals surface area contributed by atoms with Crippen LogP contribution in [0.4, 0.5) is 15.8 Å². The average molecular weight is 502 g/mol. The van der Waals surface area contributed by atoms with Gasteiger partial charge in [-0.1, -0.05) is 11.6 Å². The molecule has 0 aliphatic carbocycles. The quantitative estimate of drug-likeness (QED) is 0.631. The van der Waals surface area contributed by atoms with Crippen LogP contribution < -0.4 is 9.80 Å². The van der Waals surface area contributed by atoms with Gasteiger partial charge in [0.1, 0.15) is 11.6 Å². The van der Waals surface area contributed by atoms with Crippen LogP contribution in [0.3, 0.4) is 0 Å². The summed E-state index contributed by atoms with van der Waals surface area (Å²) < 4.78 is 73.2. The Hall–Kier alpha value is -2.72. The standard InChI is InChI=1S/C19H17ClFN3O6S2/c1-19(2)17(25)23(14-9-4-11(10-22)15(20)16(14)21)18(32(28,29)30)24(19)12-5-7-13(8-6-12)31(3,26)27/h4-9,18H,1-3H3,(H,28,29,30). The molecule has 1 N–H and O–H groups in total. The number of halogens is 2.